The Bertz CT molecular complexity index is 1040. The van der Waals surface area contributed by atoms with Crippen LogP contribution in [0.25, 0.3) is 0 Å². The van der Waals surface area contributed by atoms with E-state index in [-0.39, 0.29) is 17.5 Å². The molecule has 1 heterocycles. The van der Waals surface area contributed by atoms with Crippen molar-refractivity contribution in [3.63, 3.8) is 0 Å². The summed E-state index contributed by atoms with van der Waals surface area (Å²) < 4.78 is 27.7. The van der Waals surface area contributed by atoms with E-state index in [1.165, 1.54) is 16.4 Å². The number of benzene rings is 2. The van der Waals surface area contributed by atoms with Gasteiger partial charge in [0.25, 0.3) is 0 Å². The zero-order valence-electron chi connectivity index (χ0n) is 18.0. The van der Waals surface area contributed by atoms with Crippen LogP contribution in [0.15, 0.2) is 53.4 Å². The van der Waals surface area contributed by atoms with Crippen LogP contribution < -0.4 is 10.6 Å². The van der Waals surface area contributed by atoms with Crippen LogP contribution >= 0.6 is 11.6 Å². The Morgan fingerprint density at radius 1 is 1.03 bits per heavy atom. The molecule has 1 aliphatic heterocycles. The van der Waals surface area contributed by atoms with Crippen LogP contribution in [-0.4, -0.2) is 43.7 Å². The molecule has 2 aromatic carbocycles. The largest absolute Gasteiger partial charge is 0.348 e. The Labute approximate surface area is 194 Å². The number of hydrogen-bond acceptors (Lipinski definition) is 4. The zero-order valence-corrected chi connectivity index (χ0v) is 19.6. The molecule has 1 aliphatic rings. The summed E-state index contributed by atoms with van der Waals surface area (Å²) in [7, 11) is -3.66. The van der Waals surface area contributed by atoms with Crippen molar-refractivity contribution in [2.24, 2.45) is 0 Å². The van der Waals surface area contributed by atoms with E-state index in [9.17, 15) is 18.0 Å². The molecule has 0 radical (unpaired) electrons. The second-order valence-corrected chi connectivity index (χ2v) is 10.1. The molecule has 0 unspecified atom stereocenters. The number of nitrogens with one attached hydrogen (secondary N) is 2. The number of carbonyl (C=O) groups is 2. The van der Waals surface area contributed by atoms with Crippen LogP contribution in [-0.2, 0) is 26.0 Å². The van der Waals surface area contributed by atoms with Crippen molar-refractivity contribution < 1.29 is 18.0 Å². The first-order chi connectivity index (χ1) is 15.3. The van der Waals surface area contributed by atoms with Crippen molar-refractivity contribution in [1.29, 1.82) is 0 Å². The second-order valence-electron chi connectivity index (χ2n) is 7.77. The van der Waals surface area contributed by atoms with Crippen molar-refractivity contribution >= 4 is 39.1 Å². The Morgan fingerprint density at radius 3 is 2.38 bits per heavy atom. The van der Waals surface area contributed by atoms with E-state index in [2.05, 4.69) is 10.6 Å². The summed E-state index contributed by atoms with van der Waals surface area (Å²) in [6.07, 6.45) is 3.73. The van der Waals surface area contributed by atoms with E-state index < -0.39 is 21.8 Å². The summed E-state index contributed by atoms with van der Waals surface area (Å²) in [5, 5.41) is 5.65. The summed E-state index contributed by atoms with van der Waals surface area (Å²) in [6.45, 7) is 2.67. The van der Waals surface area contributed by atoms with Gasteiger partial charge in [0.05, 0.1) is 4.90 Å². The molecule has 1 saturated heterocycles. The highest BCUT2D eigenvalue weighted by molar-refractivity contribution is 7.89. The molecule has 32 heavy (non-hydrogen) atoms. The lowest BCUT2D eigenvalue weighted by Gasteiger charge is -2.34. The molecule has 0 spiro atoms. The van der Waals surface area contributed by atoms with Gasteiger partial charge in [-0.25, -0.2) is 8.42 Å². The van der Waals surface area contributed by atoms with Gasteiger partial charge in [0.15, 0.2) is 0 Å². The first-order valence-electron chi connectivity index (χ1n) is 10.8. The Balaban J connectivity index is 1.55. The van der Waals surface area contributed by atoms with Gasteiger partial charge >= 0.3 is 11.8 Å². The Morgan fingerprint density at radius 2 is 1.72 bits per heavy atom. The van der Waals surface area contributed by atoms with Gasteiger partial charge in [-0.1, -0.05) is 37.1 Å². The van der Waals surface area contributed by atoms with Crippen molar-refractivity contribution in [3.8, 4) is 0 Å². The fourth-order valence-corrected chi connectivity index (χ4v) is 5.61. The van der Waals surface area contributed by atoms with Crippen molar-refractivity contribution in [3.05, 3.63) is 59.1 Å². The topological polar surface area (TPSA) is 95.6 Å². The second kappa shape index (κ2) is 10.9. The van der Waals surface area contributed by atoms with Crippen LogP contribution in [0.1, 0.15) is 38.2 Å². The number of sulfonamides is 1. The minimum Gasteiger partial charge on any atom is -0.348 e. The quantitative estimate of drug-likeness (QED) is 0.595. The SMILES string of the molecule is CCc1ccc(NC(=O)C(=O)NCC[C@H]2CCCCN2S(=O)(=O)c2ccc(Cl)cc2)cc1. The molecular weight excluding hydrogens is 450 g/mol. The molecule has 9 heteroatoms. The smallest absolute Gasteiger partial charge is 0.313 e. The van der Waals surface area contributed by atoms with Gasteiger partial charge in [-0.2, -0.15) is 4.31 Å². The average Bonchev–Trinajstić information content (AvgIpc) is 2.80. The van der Waals surface area contributed by atoms with E-state index in [1.54, 1.807) is 24.3 Å². The van der Waals surface area contributed by atoms with Crippen LogP contribution in [0.3, 0.4) is 0 Å². The molecule has 2 N–H and O–H groups in total. The third-order valence-corrected chi connectivity index (χ3v) is 7.80. The highest BCUT2D eigenvalue weighted by Gasteiger charge is 2.33. The van der Waals surface area contributed by atoms with Gasteiger partial charge in [0.1, 0.15) is 0 Å². The summed E-state index contributed by atoms with van der Waals surface area (Å²) in [5.41, 5.74) is 1.69. The summed E-state index contributed by atoms with van der Waals surface area (Å²) in [4.78, 5) is 24.5. The molecule has 172 valence electrons. The van der Waals surface area contributed by atoms with Crippen LogP contribution in [0, 0.1) is 0 Å². The first kappa shape index (κ1) is 24.2. The maximum atomic E-state index is 13.1. The van der Waals surface area contributed by atoms with Crippen molar-refractivity contribution in [1.82, 2.24) is 9.62 Å². The fourth-order valence-electron chi connectivity index (χ4n) is 3.77. The number of anilines is 1. The molecule has 7 nitrogen and oxygen atoms in total. The summed E-state index contributed by atoms with van der Waals surface area (Å²) >= 11 is 5.88. The Kier molecular flexibility index (Phi) is 8.28. The maximum absolute atomic E-state index is 13.1. The predicted octanol–water partition coefficient (Wildman–Crippen LogP) is 3.59. The fraction of sp³-hybridized carbons (Fsp3) is 0.391. The summed E-state index contributed by atoms with van der Waals surface area (Å²) in [6, 6.07) is 13.2. The first-order valence-corrected chi connectivity index (χ1v) is 12.6. The molecule has 2 amide bonds. The van der Waals surface area contributed by atoms with Gasteiger partial charge < -0.3 is 10.6 Å². The molecule has 3 rings (SSSR count). The molecule has 0 aliphatic carbocycles. The molecular formula is C23H28ClN3O4S. The zero-order chi connectivity index (χ0) is 23.1. The number of aryl methyl sites for hydroxylation is 1. The summed E-state index contributed by atoms with van der Waals surface area (Å²) in [5.74, 6) is -1.49. The van der Waals surface area contributed by atoms with Gasteiger partial charge in [0.2, 0.25) is 10.0 Å². The normalized spacial score (nSPS) is 17.0. The van der Waals surface area contributed by atoms with Gasteiger partial charge in [-0.3, -0.25) is 9.59 Å². The molecule has 0 saturated carbocycles. The number of piperidine rings is 1. The number of nitrogens with zero attached hydrogens (tertiary/aromatic N) is 1. The van der Waals surface area contributed by atoms with Crippen molar-refractivity contribution in [2.75, 3.05) is 18.4 Å². The van der Waals surface area contributed by atoms with Gasteiger partial charge in [-0.15, -0.1) is 0 Å². The van der Waals surface area contributed by atoms with E-state index in [0.717, 1.165) is 24.8 Å². The number of amides is 2. The third kappa shape index (κ3) is 6.09. The molecule has 1 fully saturated rings. The third-order valence-electron chi connectivity index (χ3n) is 5.58. The van der Waals surface area contributed by atoms with Crippen LogP contribution in [0.2, 0.25) is 5.02 Å². The minimum atomic E-state index is -3.66. The van der Waals surface area contributed by atoms with Crippen LogP contribution in [0.4, 0.5) is 5.69 Å². The van der Waals surface area contributed by atoms with Gasteiger partial charge in [-0.05, 0) is 67.6 Å². The predicted molar refractivity (Wildman–Crippen MR) is 125 cm³/mol. The van der Waals surface area contributed by atoms with E-state index >= 15 is 0 Å². The number of hydrogen-bond donors (Lipinski definition) is 2. The van der Waals surface area contributed by atoms with Crippen LogP contribution in [0.5, 0.6) is 0 Å². The Hall–Kier alpha value is -2.42. The van der Waals surface area contributed by atoms with Crippen molar-refractivity contribution in [2.45, 2.75) is 50.0 Å². The monoisotopic (exact) mass is 477 g/mol. The number of halogens is 1. The highest BCUT2D eigenvalue weighted by Crippen LogP contribution is 2.27. The molecule has 0 aromatic heterocycles. The molecule has 1 atom stereocenters. The van der Waals surface area contributed by atoms with Gasteiger partial charge in [0, 0.05) is 29.8 Å². The minimum absolute atomic E-state index is 0.200. The lowest BCUT2D eigenvalue weighted by molar-refractivity contribution is -0.136. The number of rotatable bonds is 7. The lowest BCUT2D eigenvalue weighted by Crippen LogP contribution is -2.45. The average molecular weight is 478 g/mol. The number of carbonyl (C=O) groups excluding carboxylic acids is 2. The standard InChI is InChI=1S/C23H28ClN3O4S/c1-2-17-6-10-19(11-7-17)26-23(29)22(28)25-15-14-20-5-3-4-16-27(20)32(30,31)21-12-8-18(24)9-13-21/h6-13,20H,2-5,14-16H2,1H3,(H,25,28)(H,26,29)/t20-/m1/s1. The van der Waals surface area contributed by atoms with E-state index in [0.29, 0.717) is 30.1 Å². The molecule has 0 bridgehead atoms. The highest BCUT2D eigenvalue weighted by atomic mass is 35.5. The van der Waals surface area contributed by atoms with E-state index in [1.807, 2.05) is 19.1 Å². The maximum Gasteiger partial charge on any atom is 0.313 e. The molecule has 2 aromatic rings. The van der Waals surface area contributed by atoms with E-state index in [4.69, 9.17) is 11.6 Å². The lowest BCUT2D eigenvalue weighted by atomic mass is 10.0.